The van der Waals surface area contributed by atoms with Gasteiger partial charge in [0.05, 0.1) is 0 Å². The summed E-state index contributed by atoms with van der Waals surface area (Å²) >= 11 is 0. The smallest absolute Gasteiger partial charge is 0.345 e. The fourth-order valence-electron chi connectivity index (χ4n) is 4.17. The van der Waals surface area contributed by atoms with Crippen molar-refractivity contribution in [3.63, 3.8) is 0 Å². The maximum atomic E-state index is 12.4. The summed E-state index contributed by atoms with van der Waals surface area (Å²) in [5.41, 5.74) is 3.78. The quantitative estimate of drug-likeness (QED) is 0.295. The predicted molar refractivity (Wildman–Crippen MR) is 125 cm³/mol. The SMILES string of the molecule is CCNC(=NCCCn1nc2n(c1=O)CCCC2)NCCc1c[nH]c2cc(C)ccc12. The Morgan fingerprint density at radius 2 is 2.19 bits per heavy atom. The van der Waals surface area contributed by atoms with Gasteiger partial charge in [-0.3, -0.25) is 9.56 Å². The Labute approximate surface area is 182 Å². The first-order valence-corrected chi connectivity index (χ1v) is 11.4. The Kier molecular flexibility index (Phi) is 6.74. The van der Waals surface area contributed by atoms with Crippen molar-refractivity contribution in [1.82, 2.24) is 30.0 Å². The van der Waals surface area contributed by atoms with Gasteiger partial charge in [-0.2, -0.15) is 5.10 Å². The number of aromatic nitrogens is 4. The van der Waals surface area contributed by atoms with Crippen molar-refractivity contribution in [2.24, 2.45) is 4.99 Å². The zero-order chi connectivity index (χ0) is 21.6. The van der Waals surface area contributed by atoms with Gasteiger partial charge in [-0.25, -0.2) is 9.48 Å². The maximum Gasteiger partial charge on any atom is 0.345 e. The normalized spacial score (nSPS) is 14.1. The number of hydrogen-bond donors (Lipinski definition) is 3. The van der Waals surface area contributed by atoms with E-state index in [1.54, 1.807) is 4.68 Å². The first kappa shape index (κ1) is 21.2. The highest BCUT2D eigenvalue weighted by Crippen LogP contribution is 2.19. The number of nitrogens with zero attached hydrogens (tertiary/aromatic N) is 4. The number of guanidine groups is 1. The predicted octanol–water partition coefficient (Wildman–Crippen LogP) is 2.36. The van der Waals surface area contributed by atoms with E-state index in [0.29, 0.717) is 13.1 Å². The van der Waals surface area contributed by atoms with Crippen LogP contribution in [-0.2, 0) is 25.9 Å². The van der Waals surface area contributed by atoms with Crippen LogP contribution < -0.4 is 16.3 Å². The zero-order valence-corrected chi connectivity index (χ0v) is 18.6. The van der Waals surface area contributed by atoms with Crippen molar-refractivity contribution in [1.29, 1.82) is 0 Å². The van der Waals surface area contributed by atoms with E-state index < -0.39 is 0 Å². The van der Waals surface area contributed by atoms with E-state index in [-0.39, 0.29) is 5.69 Å². The van der Waals surface area contributed by atoms with Crippen LogP contribution in [-0.4, -0.2) is 44.9 Å². The Morgan fingerprint density at radius 1 is 1.29 bits per heavy atom. The molecule has 1 aliphatic heterocycles. The summed E-state index contributed by atoms with van der Waals surface area (Å²) < 4.78 is 3.43. The minimum absolute atomic E-state index is 0.0256. The first-order chi connectivity index (χ1) is 15.2. The molecular weight excluding hydrogens is 390 g/mol. The molecule has 0 spiro atoms. The fraction of sp³-hybridized carbons (Fsp3) is 0.522. The van der Waals surface area contributed by atoms with Crippen LogP contribution in [0.4, 0.5) is 0 Å². The molecule has 0 amide bonds. The zero-order valence-electron chi connectivity index (χ0n) is 18.6. The summed E-state index contributed by atoms with van der Waals surface area (Å²) in [6.07, 6.45) is 6.90. The molecular formula is C23H33N7O. The van der Waals surface area contributed by atoms with E-state index in [9.17, 15) is 4.79 Å². The van der Waals surface area contributed by atoms with Crippen LogP contribution in [0.25, 0.3) is 10.9 Å². The van der Waals surface area contributed by atoms with Gasteiger partial charge in [0.25, 0.3) is 0 Å². The van der Waals surface area contributed by atoms with E-state index in [1.807, 2.05) is 4.57 Å². The fourth-order valence-corrected chi connectivity index (χ4v) is 4.17. The molecule has 3 N–H and O–H groups in total. The third-order valence-corrected chi connectivity index (χ3v) is 5.78. The van der Waals surface area contributed by atoms with Crippen LogP contribution in [0, 0.1) is 6.92 Å². The van der Waals surface area contributed by atoms with Gasteiger partial charge in [-0.15, -0.1) is 0 Å². The van der Waals surface area contributed by atoms with E-state index in [2.05, 4.69) is 64.0 Å². The number of H-pyrrole nitrogens is 1. The molecule has 1 aliphatic rings. The molecule has 31 heavy (non-hydrogen) atoms. The van der Waals surface area contributed by atoms with Gasteiger partial charge in [-0.1, -0.05) is 12.1 Å². The Morgan fingerprint density at radius 3 is 3.03 bits per heavy atom. The summed E-state index contributed by atoms with van der Waals surface area (Å²) in [5.74, 6) is 1.75. The standard InChI is InChI=1S/C23H33N7O/c1-3-24-22(26-12-10-18-16-27-20-15-17(2)8-9-19(18)20)25-11-6-14-30-23(31)29-13-5-4-7-21(29)28-30/h8-9,15-16,27H,3-7,10-14H2,1-2H3,(H2,24,25,26). The molecule has 8 heteroatoms. The summed E-state index contributed by atoms with van der Waals surface area (Å²) in [4.78, 5) is 20.4. The topological polar surface area (TPSA) is 92.0 Å². The summed E-state index contributed by atoms with van der Waals surface area (Å²) in [6, 6.07) is 6.52. The number of hydrogen-bond acceptors (Lipinski definition) is 3. The maximum absolute atomic E-state index is 12.4. The molecule has 0 fully saturated rings. The highest BCUT2D eigenvalue weighted by atomic mass is 16.2. The minimum Gasteiger partial charge on any atom is -0.361 e. The Balaban J connectivity index is 1.28. The number of aryl methyl sites for hydroxylation is 3. The summed E-state index contributed by atoms with van der Waals surface area (Å²) in [6.45, 7) is 7.85. The van der Waals surface area contributed by atoms with Crippen molar-refractivity contribution in [3.05, 3.63) is 51.8 Å². The van der Waals surface area contributed by atoms with Crippen LogP contribution >= 0.6 is 0 Å². The highest BCUT2D eigenvalue weighted by Gasteiger charge is 2.16. The van der Waals surface area contributed by atoms with Crippen molar-refractivity contribution in [2.75, 3.05) is 19.6 Å². The second-order valence-electron chi connectivity index (χ2n) is 8.18. The van der Waals surface area contributed by atoms with Gasteiger partial charge >= 0.3 is 5.69 Å². The Bertz CT molecular complexity index is 1110. The third-order valence-electron chi connectivity index (χ3n) is 5.78. The lowest BCUT2D eigenvalue weighted by Gasteiger charge is -2.11. The number of rotatable bonds is 8. The Hall–Kier alpha value is -3.03. The summed E-state index contributed by atoms with van der Waals surface area (Å²) in [7, 11) is 0. The number of aromatic amines is 1. The molecule has 3 aromatic rings. The third kappa shape index (κ3) is 5.00. The molecule has 8 nitrogen and oxygen atoms in total. The average molecular weight is 424 g/mol. The molecule has 0 aliphatic carbocycles. The number of benzene rings is 1. The molecule has 1 aromatic carbocycles. The molecule has 0 radical (unpaired) electrons. The van der Waals surface area contributed by atoms with Gasteiger partial charge in [-0.05, 0) is 56.7 Å². The molecule has 0 atom stereocenters. The van der Waals surface area contributed by atoms with Crippen LogP contribution in [0.5, 0.6) is 0 Å². The van der Waals surface area contributed by atoms with E-state index in [4.69, 9.17) is 0 Å². The van der Waals surface area contributed by atoms with E-state index in [1.165, 1.54) is 22.0 Å². The molecule has 0 saturated heterocycles. The van der Waals surface area contributed by atoms with Crippen molar-refractivity contribution < 1.29 is 0 Å². The van der Waals surface area contributed by atoms with Crippen LogP contribution in [0.15, 0.2) is 34.2 Å². The largest absolute Gasteiger partial charge is 0.361 e. The van der Waals surface area contributed by atoms with Crippen LogP contribution in [0.2, 0.25) is 0 Å². The van der Waals surface area contributed by atoms with Crippen molar-refractivity contribution in [3.8, 4) is 0 Å². The van der Waals surface area contributed by atoms with Gasteiger partial charge in [0.15, 0.2) is 5.96 Å². The minimum atomic E-state index is 0.0256. The van der Waals surface area contributed by atoms with Crippen molar-refractivity contribution in [2.45, 2.75) is 59.0 Å². The van der Waals surface area contributed by atoms with Gasteiger partial charge in [0, 0.05) is 56.2 Å². The van der Waals surface area contributed by atoms with Crippen LogP contribution in [0.1, 0.15) is 43.1 Å². The number of fused-ring (bicyclic) bond motifs is 2. The molecule has 166 valence electrons. The van der Waals surface area contributed by atoms with Gasteiger partial charge in [0.1, 0.15) is 5.82 Å². The molecule has 4 rings (SSSR count). The van der Waals surface area contributed by atoms with Crippen LogP contribution in [0.3, 0.4) is 0 Å². The van der Waals surface area contributed by atoms with Crippen molar-refractivity contribution >= 4 is 16.9 Å². The molecule has 2 aromatic heterocycles. The average Bonchev–Trinajstić information content (AvgIpc) is 3.31. The van der Waals surface area contributed by atoms with Gasteiger partial charge in [0.2, 0.25) is 0 Å². The second kappa shape index (κ2) is 9.85. The number of aliphatic imine (C=N–C) groups is 1. The van der Waals surface area contributed by atoms with E-state index in [0.717, 1.165) is 63.5 Å². The lowest BCUT2D eigenvalue weighted by atomic mass is 10.1. The highest BCUT2D eigenvalue weighted by molar-refractivity contribution is 5.84. The lowest BCUT2D eigenvalue weighted by molar-refractivity contribution is 0.509. The van der Waals surface area contributed by atoms with Gasteiger partial charge < -0.3 is 15.6 Å². The monoisotopic (exact) mass is 423 g/mol. The summed E-state index contributed by atoms with van der Waals surface area (Å²) in [5, 5.41) is 12.5. The molecule has 0 saturated carbocycles. The first-order valence-electron chi connectivity index (χ1n) is 11.4. The molecule has 3 heterocycles. The molecule has 0 unspecified atom stereocenters. The molecule has 0 bridgehead atoms. The lowest BCUT2D eigenvalue weighted by Crippen LogP contribution is -2.38. The second-order valence-corrected chi connectivity index (χ2v) is 8.18. The van der Waals surface area contributed by atoms with E-state index >= 15 is 0 Å². The number of nitrogens with one attached hydrogen (secondary N) is 3.